The Morgan fingerprint density at radius 1 is 1.18 bits per heavy atom. The fourth-order valence-electron chi connectivity index (χ4n) is 3.91. The Labute approximate surface area is 165 Å². The first-order chi connectivity index (χ1) is 13.2. The van der Waals surface area contributed by atoms with Crippen molar-refractivity contribution < 1.29 is 21.6 Å². The van der Waals surface area contributed by atoms with E-state index in [4.69, 9.17) is 4.74 Å². The van der Waals surface area contributed by atoms with E-state index < -0.39 is 24.6 Å². The Bertz CT molecular complexity index is 1060. The van der Waals surface area contributed by atoms with Crippen LogP contribution in [0.5, 0.6) is 5.88 Å². The van der Waals surface area contributed by atoms with Crippen LogP contribution in [0.2, 0.25) is 0 Å². The quantitative estimate of drug-likeness (QED) is 0.727. The van der Waals surface area contributed by atoms with Crippen molar-refractivity contribution in [3.8, 4) is 5.88 Å². The number of pyridine rings is 1. The Morgan fingerprint density at radius 2 is 1.89 bits per heavy atom. The number of nitrogens with zero attached hydrogens (tertiary/aromatic N) is 2. The summed E-state index contributed by atoms with van der Waals surface area (Å²) < 4.78 is 57.1. The van der Waals surface area contributed by atoms with Crippen LogP contribution >= 0.6 is 0 Å². The highest BCUT2D eigenvalue weighted by Gasteiger charge is 2.64. The molecule has 1 aromatic heterocycles. The monoisotopic (exact) mass is 422 g/mol. The van der Waals surface area contributed by atoms with Crippen LogP contribution in [0.1, 0.15) is 12.0 Å². The molecule has 2 aromatic rings. The summed E-state index contributed by atoms with van der Waals surface area (Å²) in [4.78, 5) is 4.28. The predicted molar refractivity (Wildman–Crippen MR) is 104 cm³/mol. The highest BCUT2D eigenvalue weighted by Crippen LogP contribution is 2.46. The first-order valence-electron chi connectivity index (χ1n) is 9.08. The van der Waals surface area contributed by atoms with E-state index in [-0.39, 0.29) is 36.3 Å². The summed E-state index contributed by atoms with van der Waals surface area (Å²) in [6.07, 6.45) is 2.07. The zero-order valence-corrected chi connectivity index (χ0v) is 17.1. The molecule has 3 heterocycles. The number of sulfone groups is 1. The van der Waals surface area contributed by atoms with Crippen molar-refractivity contribution in [2.75, 3.05) is 25.4 Å². The standard InChI is InChI=1S/C19H22N2O5S2/c1-15-5-7-17(8-6-15)28(24,25)21-13-19(14-21)16(9-11-27(19,22)23)12-26-18-4-2-3-10-20-18/h2-8,10,16H,9,11-14H2,1H3/t16-/m1/s1. The van der Waals surface area contributed by atoms with Crippen LogP contribution in [0.15, 0.2) is 53.6 Å². The highest BCUT2D eigenvalue weighted by atomic mass is 32.2. The van der Waals surface area contributed by atoms with Gasteiger partial charge in [-0.1, -0.05) is 23.8 Å². The van der Waals surface area contributed by atoms with Crippen LogP contribution in [0.3, 0.4) is 0 Å². The third kappa shape index (κ3) is 3.11. The van der Waals surface area contributed by atoms with E-state index in [1.54, 1.807) is 48.7 Å². The van der Waals surface area contributed by atoms with Gasteiger partial charge in [0, 0.05) is 31.3 Å². The molecule has 0 radical (unpaired) electrons. The molecule has 1 atom stereocenters. The molecular formula is C19H22N2O5S2. The van der Waals surface area contributed by atoms with Crippen molar-refractivity contribution in [2.45, 2.75) is 23.0 Å². The number of hydrogen-bond acceptors (Lipinski definition) is 6. The first-order valence-corrected chi connectivity index (χ1v) is 12.2. The summed E-state index contributed by atoms with van der Waals surface area (Å²) in [6.45, 7) is 2.03. The molecule has 0 unspecified atom stereocenters. The van der Waals surface area contributed by atoms with Gasteiger partial charge in [0.25, 0.3) is 0 Å². The Balaban J connectivity index is 1.52. The van der Waals surface area contributed by atoms with Crippen molar-refractivity contribution >= 4 is 19.9 Å². The van der Waals surface area contributed by atoms with Crippen LogP contribution in [0.4, 0.5) is 0 Å². The molecule has 2 aliphatic rings. The van der Waals surface area contributed by atoms with E-state index in [0.717, 1.165) is 5.56 Å². The second-order valence-corrected chi connectivity index (χ2v) is 11.8. The minimum atomic E-state index is -3.71. The fourth-order valence-corrected chi connectivity index (χ4v) is 8.05. The van der Waals surface area contributed by atoms with Gasteiger partial charge in [-0.15, -0.1) is 0 Å². The lowest BCUT2D eigenvalue weighted by Gasteiger charge is -2.48. The molecule has 0 amide bonds. The Hall–Kier alpha value is -1.97. The van der Waals surface area contributed by atoms with Crippen LogP contribution in [0, 0.1) is 12.8 Å². The van der Waals surface area contributed by atoms with Gasteiger partial charge >= 0.3 is 0 Å². The smallest absolute Gasteiger partial charge is 0.243 e. The van der Waals surface area contributed by atoms with Gasteiger partial charge in [0.05, 0.1) is 17.3 Å². The summed E-state index contributed by atoms with van der Waals surface area (Å²) >= 11 is 0. The molecule has 0 N–H and O–H groups in total. The van der Waals surface area contributed by atoms with Crippen molar-refractivity contribution in [2.24, 2.45) is 5.92 Å². The second-order valence-electron chi connectivity index (χ2n) is 7.43. The minimum absolute atomic E-state index is 0.0260. The van der Waals surface area contributed by atoms with Gasteiger partial charge in [0.15, 0.2) is 9.84 Å². The van der Waals surface area contributed by atoms with E-state index >= 15 is 0 Å². The van der Waals surface area contributed by atoms with Gasteiger partial charge in [0.1, 0.15) is 4.75 Å². The largest absolute Gasteiger partial charge is 0.477 e. The number of hydrogen-bond donors (Lipinski definition) is 0. The molecule has 4 rings (SSSR count). The van der Waals surface area contributed by atoms with E-state index in [1.165, 1.54) is 4.31 Å². The summed E-state index contributed by atoms with van der Waals surface area (Å²) in [5.74, 6) is 0.233. The minimum Gasteiger partial charge on any atom is -0.477 e. The molecule has 0 aliphatic carbocycles. The maximum atomic E-state index is 12.9. The molecule has 0 saturated carbocycles. The van der Waals surface area contributed by atoms with Gasteiger partial charge in [-0.3, -0.25) is 0 Å². The van der Waals surface area contributed by atoms with Crippen LogP contribution in [-0.2, 0) is 19.9 Å². The normalized spacial score (nSPS) is 23.4. The summed E-state index contributed by atoms with van der Waals surface area (Å²) in [7, 11) is -7.10. The number of benzene rings is 1. The number of aryl methyl sites for hydroxylation is 1. The van der Waals surface area contributed by atoms with Crippen molar-refractivity contribution in [3.05, 3.63) is 54.2 Å². The summed E-state index contributed by atoms with van der Waals surface area (Å²) in [5.41, 5.74) is 0.962. The third-order valence-corrected chi connectivity index (χ3v) is 10.1. The summed E-state index contributed by atoms with van der Waals surface area (Å²) in [5, 5.41) is 0. The lowest BCUT2D eigenvalue weighted by Crippen LogP contribution is -2.68. The van der Waals surface area contributed by atoms with Gasteiger partial charge in [-0.05, 0) is 31.5 Å². The zero-order chi connectivity index (χ0) is 20.0. The second kappa shape index (κ2) is 6.82. The number of ether oxygens (including phenoxy) is 1. The Kier molecular flexibility index (Phi) is 4.71. The van der Waals surface area contributed by atoms with Crippen molar-refractivity contribution in [1.82, 2.24) is 9.29 Å². The molecule has 0 bridgehead atoms. The molecule has 9 heteroatoms. The lowest BCUT2D eigenvalue weighted by molar-refractivity contribution is 0.123. The van der Waals surface area contributed by atoms with E-state index in [9.17, 15) is 16.8 Å². The van der Waals surface area contributed by atoms with Gasteiger partial charge in [-0.25, -0.2) is 21.8 Å². The molecule has 2 saturated heterocycles. The van der Waals surface area contributed by atoms with Crippen LogP contribution in [-0.4, -0.2) is 56.3 Å². The fraction of sp³-hybridized carbons (Fsp3) is 0.421. The third-order valence-electron chi connectivity index (χ3n) is 5.72. The highest BCUT2D eigenvalue weighted by molar-refractivity contribution is 7.93. The molecule has 2 aliphatic heterocycles. The molecule has 2 fully saturated rings. The molecule has 1 aromatic carbocycles. The zero-order valence-electron chi connectivity index (χ0n) is 15.5. The van der Waals surface area contributed by atoms with Crippen LogP contribution in [0.25, 0.3) is 0 Å². The lowest BCUT2D eigenvalue weighted by atomic mass is 9.85. The first kappa shape index (κ1) is 19.4. The number of sulfonamides is 1. The molecule has 150 valence electrons. The number of aromatic nitrogens is 1. The van der Waals surface area contributed by atoms with E-state index in [1.807, 2.05) is 6.92 Å². The SMILES string of the molecule is Cc1ccc(S(=O)(=O)N2CC3(C2)[C@@H](COc2ccccn2)CCS3(=O)=O)cc1. The number of rotatable bonds is 5. The topological polar surface area (TPSA) is 93.6 Å². The van der Waals surface area contributed by atoms with Gasteiger partial charge in [-0.2, -0.15) is 4.31 Å². The van der Waals surface area contributed by atoms with E-state index in [0.29, 0.717) is 12.3 Å². The summed E-state index contributed by atoms with van der Waals surface area (Å²) in [6, 6.07) is 11.9. The predicted octanol–water partition coefficient (Wildman–Crippen LogP) is 1.65. The van der Waals surface area contributed by atoms with Crippen LogP contribution < -0.4 is 4.74 Å². The molecule has 7 nitrogen and oxygen atoms in total. The molecule has 1 spiro atoms. The molecular weight excluding hydrogens is 400 g/mol. The van der Waals surface area contributed by atoms with Gasteiger partial charge in [0.2, 0.25) is 15.9 Å². The Morgan fingerprint density at radius 3 is 2.54 bits per heavy atom. The average Bonchev–Trinajstić information content (AvgIpc) is 2.90. The van der Waals surface area contributed by atoms with E-state index in [2.05, 4.69) is 4.98 Å². The van der Waals surface area contributed by atoms with Gasteiger partial charge < -0.3 is 4.74 Å². The van der Waals surface area contributed by atoms with Crippen molar-refractivity contribution in [1.29, 1.82) is 0 Å². The maximum Gasteiger partial charge on any atom is 0.243 e. The van der Waals surface area contributed by atoms with Crippen molar-refractivity contribution in [3.63, 3.8) is 0 Å². The maximum absolute atomic E-state index is 12.9. The molecule has 28 heavy (non-hydrogen) atoms. The average molecular weight is 423 g/mol.